The predicted octanol–water partition coefficient (Wildman–Crippen LogP) is 2.89. The lowest BCUT2D eigenvalue weighted by Gasteiger charge is -2.28. The summed E-state index contributed by atoms with van der Waals surface area (Å²) in [4.78, 5) is 27.4. The van der Waals surface area contributed by atoms with E-state index in [2.05, 4.69) is 51.2 Å². The van der Waals surface area contributed by atoms with Crippen LogP contribution in [0.2, 0.25) is 5.02 Å². The molecule has 0 bridgehead atoms. The summed E-state index contributed by atoms with van der Waals surface area (Å²) < 4.78 is 1.52. The van der Waals surface area contributed by atoms with Crippen molar-refractivity contribution < 1.29 is 9.59 Å². The van der Waals surface area contributed by atoms with Gasteiger partial charge in [-0.15, -0.1) is 5.10 Å². The van der Waals surface area contributed by atoms with E-state index in [1.165, 1.54) is 27.3 Å². The molecule has 1 aliphatic heterocycles. The van der Waals surface area contributed by atoms with Crippen LogP contribution in [0.25, 0.3) is 16.5 Å². The Labute approximate surface area is 219 Å². The zero-order valence-electron chi connectivity index (χ0n) is 20.4. The number of aromatic nitrogens is 4. The van der Waals surface area contributed by atoms with Crippen molar-refractivity contribution >= 4 is 34.2 Å². The Bertz CT molecular complexity index is 1430. The molecule has 1 aliphatic rings. The van der Waals surface area contributed by atoms with Gasteiger partial charge in [-0.05, 0) is 76.2 Å². The van der Waals surface area contributed by atoms with E-state index in [4.69, 9.17) is 17.3 Å². The van der Waals surface area contributed by atoms with Crippen molar-refractivity contribution in [2.45, 2.75) is 38.4 Å². The maximum absolute atomic E-state index is 13.2. The second-order valence-corrected chi connectivity index (χ2v) is 9.96. The molecule has 2 heterocycles. The minimum atomic E-state index is -0.533. The number of nitrogens with one attached hydrogen (secondary N) is 1. The number of fused-ring (bicyclic) bond motifs is 1. The van der Waals surface area contributed by atoms with Crippen LogP contribution in [0.3, 0.4) is 0 Å². The highest BCUT2D eigenvalue weighted by Gasteiger charge is 2.40. The second kappa shape index (κ2) is 10.7. The molecule has 5 rings (SSSR count). The summed E-state index contributed by atoms with van der Waals surface area (Å²) in [5.74, 6) is -0.384. The maximum Gasteiger partial charge on any atom is 0.237 e. The molecule has 1 fully saturated rings. The summed E-state index contributed by atoms with van der Waals surface area (Å²) in [6, 6.07) is 19.0. The number of nitrogens with zero attached hydrogens (tertiary/aromatic N) is 5. The van der Waals surface area contributed by atoms with Gasteiger partial charge in [0.25, 0.3) is 0 Å². The van der Waals surface area contributed by atoms with Crippen molar-refractivity contribution in [3.8, 4) is 5.69 Å². The molecule has 2 unspecified atom stereocenters. The standard InChI is InChI=1S/C27H28ClN7O2/c1-17(27(37)30-14-22-13-23(28)8-9-24(22)35-16-31-32-33-35)34-15-19(12-25(34)26(29)36)10-18-6-7-20-4-2-3-5-21(20)11-18/h2-9,11,13,16-17,19,25H,10,12,14-15H2,1H3,(H2,29,36)(H,30,37)/t17-,19?,25?/m0/s1. The van der Waals surface area contributed by atoms with Crippen molar-refractivity contribution in [1.82, 2.24) is 30.4 Å². The topological polar surface area (TPSA) is 119 Å². The molecule has 0 saturated carbocycles. The van der Waals surface area contributed by atoms with E-state index in [1.54, 1.807) is 18.2 Å². The van der Waals surface area contributed by atoms with Gasteiger partial charge in [0.15, 0.2) is 0 Å². The fourth-order valence-corrected chi connectivity index (χ4v) is 5.37. The number of carbonyl (C=O) groups is 2. The highest BCUT2D eigenvalue weighted by molar-refractivity contribution is 6.30. The SMILES string of the molecule is C[C@@H](C(=O)NCc1cc(Cl)ccc1-n1cnnn1)N1CC(Cc2ccc3ccccc3c2)CC1C(N)=O. The van der Waals surface area contributed by atoms with Crippen LogP contribution in [0.4, 0.5) is 0 Å². The van der Waals surface area contributed by atoms with Gasteiger partial charge >= 0.3 is 0 Å². The number of nitrogens with two attached hydrogens (primary N) is 1. The number of hydrogen-bond acceptors (Lipinski definition) is 6. The molecule has 1 saturated heterocycles. The number of amides is 2. The molecule has 37 heavy (non-hydrogen) atoms. The van der Waals surface area contributed by atoms with Crippen molar-refractivity contribution in [2.75, 3.05) is 6.54 Å². The number of rotatable bonds is 8. The summed E-state index contributed by atoms with van der Waals surface area (Å²) >= 11 is 6.20. The van der Waals surface area contributed by atoms with E-state index in [1.807, 2.05) is 24.0 Å². The molecule has 2 amide bonds. The van der Waals surface area contributed by atoms with E-state index in [9.17, 15) is 9.59 Å². The van der Waals surface area contributed by atoms with Gasteiger partial charge in [0.1, 0.15) is 6.33 Å². The van der Waals surface area contributed by atoms with Gasteiger partial charge in [0.2, 0.25) is 11.8 Å². The number of tetrazole rings is 1. The summed E-state index contributed by atoms with van der Waals surface area (Å²) in [5.41, 5.74) is 8.46. The van der Waals surface area contributed by atoms with Crippen LogP contribution in [-0.2, 0) is 22.6 Å². The van der Waals surface area contributed by atoms with Crippen LogP contribution in [0.1, 0.15) is 24.5 Å². The van der Waals surface area contributed by atoms with Crippen LogP contribution < -0.4 is 11.1 Å². The number of hydrogen-bond donors (Lipinski definition) is 2. The number of halogens is 1. The Balaban J connectivity index is 1.26. The summed E-state index contributed by atoms with van der Waals surface area (Å²) in [6.45, 7) is 2.65. The minimum absolute atomic E-state index is 0.194. The van der Waals surface area contributed by atoms with Gasteiger partial charge in [-0.1, -0.05) is 54.1 Å². The Morgan fingerprint density at radius 3 is 2.70 bits per heavy atom. The molecule has 10 heteroatoms. The molecule has 3 N–H and O–H groups in total. The fourth-order valence-electron chi connectivity index (χ4n) is 5.18. The molecule has 1 aromatic heterocycles. The average molecular weight is 518 g/mol. The Hall–Kier alpha value is -3.82. The van der Waals surface area contributed by atoms with Gasteiger partial charge in [0.05, 0.1) is 17.8 Å². The maximum atomic E-state index is 13.2. The lowest BCUT2D eigenvalue weighted by Crippen LogP contribution is -2.51. The van der Waals surface area contributed by atoms with E-state index < -0.39 is 18.0 Å². The van der Waals surface area contributed by atoms with E-state index in [0.717, 1.165) is 12.0 Å². The first-order chi connectivity index (χ1) is 17.9. The Morgan fingerprint density at radius 2 is 1.95 bits per heavy atom. The summed E-state index contributed by atoms with van der Waals surface area (Å²) in [7, 11) is 0. The quantitative estimate of drug-likeness (QED) is 0.371. The third-order valence-corrected chi connectivity index (χ3v) is 7.30. The van der Waals surface area contributed by atoms with Crippen LogP contribution in [0, 0.1) is 5.92 Å². The molecule has 9 nitrogen and oxygen atoms in total. The molecular formula is C27H28ClN7O2. The zero-order valence-corrected chi connectivity index (χ0v) is 21.2. The minimum Gasteiger partial charge on any atom is -0.368 e. The van der Waals surface area contributed by atoms with E-state index in [-0.39, 0.29) is 18.4 Å². The van der Waals surface area contributed by atoms with Crippen LogP contribution in [0.15, 0.2) is 67.0 Å². The molecule has 3 aromatic carbocycles. The van der Waals surface area contributed by atoms with Gasteiger partial charge < -0.3 is 11.1 Å². The first kappa shape index (κ1) is 24.9. The fraction of sp³-hybridized carbons (Fsp3) is 0.296. The number of carbonyl (C=O) groups excluding carboxylic acids is 2. The van der Waals surface area contributed by atoms with Gasteiger partial charge in [0, 0.05) is 18.1 Å². The monoisotopic (exact) mass is 517 g/mol. The molecule has 0 radical (unpaired) electrons. The van der Waals surface area contributed by atoms with Gasteiger partial charge in [-0.25, -0.2) is 4.68 Å². The van der Waals surface area contributed by atoms with Gasteiger partial charge in [-0.3, -0.25) is 14.5 Å². The summed E-state index contributed by atoms with van der Waals surface area (Å²) in [6.07, 6.45) is 2.92. The number of benzene rings is 3. The first-order valence-corrected chi connectivity index (χ1v) is 12.6. The lowest BCUT2D eigenvalue weighted by molar-refractivity contribution is -0.129. The van der Waals surface area contributed by atoms with Crippen molar-refractivity contribution in [3.05, 3.63) is 83.1 Å². The Morgan fingerprint density at radius 1 is 1.14 bits per heavy atom. The van der Waals surface area contributed by atoms with E-state index >= 15 is 0 Å². The molecule has 3 atom stereocenters. The normalized spacial score (nSPS) is 18.6. The number of primary amides is 1. The van der Waals surface area contributed by atoms with Crippen LogP contribution in [-0.4, -0.2) is 55.5 Å². The van der Waals surface area contributed by atoms with Crippen molar-refractivity contribution in [1.29, 1.82) is 0 Å². The average Bonchev–Trinajstić information content (AvgIpc) is 3.57. The third kappa shape index (κ3) is 5.47. The molecular weight excluding hydrogens is 490 g/mol. The third-order valence-electron chi connectivity index (χ3n) is 7.06. The highest BCUT2D eigenvalue weighted by Crippen LogP contribution is 2.29. The molecule has 0 aliphatic carbocycles. The largest absolute Gasteiger partial charge is 0.368 e. The highest BCUT2D eigenvalue weighted by atomic mass is 35.5. The summed E-state index contributed by atoms with van der Waals surface area (Å²) in [5, 5.41) is 17.2. The van der Waals surface area contributed by atoms with Crippen molar-refractivity contribution in [3.63, 3.8) is 0 Å². The second-order valence-electron chi connectivity index (χ2n) is 9.52. The lowest BCUT2D eigenvalue weighted by atomic mass is 9.95. The van der Waals surface area contributed by atoms with Crippen LogP contribution >= 0.6 is 11.6 Å². The Kier molecular flexibility index (Phi) is 7.16. The van der Waals surface area contributed by atoms with Crippen LogP contribution in [0.5, 0.6) is 0 Å². The van der Waals surface area contributed by atoms with E-state index in [0.29, 0.717) is 23.7 Å². The predicted molar refractivity (Wildman–Crippen MR) is 141 cm³/mol. The smallest absolute Gasteiger partial charge is 0.237 e. The first-order valence-electron chi connectivity index (χ1n) is 12.2. The zero-order chi connectivity index (χ0) is 25.9. The van der Waals surface area contributed by atoms with Crippen molar-refractivity contribution in [2.24, 2.45) is 11.7 Å². The van der Waals surface area contributed by atoms with Gasteiger partial charge in [-0.2, -0.15) is 0 Å². The molecule has 4 aromatic rings. The number of likely N-dealkylation sites (tertiary alicyclic amines) is 1. The molecule has 0 spiro atoms. The molecule has 190 valence electrons.